The Kier molecular flexibility index (Phi) is 6.44. The first-order valence-corrected chi connectivity index (χ1v) is 11.0. The van der Waals surface area contributed by atoms with E-state index < -0.39 is 5.41 Å². The van der Waals surface area contributed by atoms with E-state index in [0.29, 0.717) is 29.5 Å². The van der Waals surface area contributed by atoms with Gasteiger partial charge in [-0.05, 0) is 54.8 Å². The van der Waals surface area contributed by atoms with Crippen LogP contribution < -0.4 is 11.1 Å². The van der Waals surface area contributed by atoms with Crippen LogP contribution in [0, 0.1) is 12.7 Å². The third kappa shape index (κ3) is 4.60. The van der Waals surface area contributed by atoms with Gasteiger partial charge < -0.3 is 16.0 Å². The number of aryl methyl sites for hydroxylation is 1. The number of anilines is 1. The minimum Gasteiger partial charge on any atom is -0.364 e. The lowest BCUT2D eigenvalue weighted by molar-refractivity contribution is 0.467. The van der Waals surface area contributed by atoms with E-state index in [1.165, 1.54) is 12.4 Å². The van der Waals surface area contributed by atoms with Crippen LogP contribution in [0.2, 0.25) is 0 Å². The molecule has 4 N–H and O–H groups in total. The molecule has 0 spiro atoms. The Morgan fingerprint density at radius 1 is 1.30 bits per heavy atom. The molecule has 0 amide bonds. The fourth-order valence-electron chi connectivity index (χ4n) is 3.98. The standard InChI is InChI=1S/C24H26FN7S/c1-4-20-31-17-8-14(2)15(9-18(17)32-20)10-24(3,12-26)21-22(29-13-30-23(21)33)28-11-19-16(25)6-5-7-27-19/h4-9,13H,1,10-12,26H2,2-3H3,(H,31,32)(H2,28,29,30,33). The number of aromatic nitrogens is 5. The number of rotatable bonds is 8. The van der Waals surface area contributed by atoms with Crippen LogP contribution in [-0.4, -0.2) is 31.5 Å². The van der Waals surface area contributed by atoms with E-state index in [-0.39, 0.29) is 12.4 Å². The molecule has 0 saturated carbocycles. The van der Waals surface area contributed by atoms with Gasteiger partial charge in [0.1, 0.15) is 28.8 Å². The van der Waals surface area contributed by atoms with Crippen molar-refractivity contribution in [3.8, 4) is 0 Å². The molecule has 33 heavy (non-hydrogen) atoms. The van der Waals surface area contributed by atoms with Crippen molar-refractivity contribution in [3.63, 3.8) is 0 Å². The SMILES string of the molecule is C=Cc1nc2cc(C)c(CC(C)(CN)c3c(S)ncnc3NCc3ncccc3F)cc2[nH]1. The van der Waals surface area contributed by atoms with Crippen molar-refractivity contribution in [3.05, 3.63) is 77.4 Å². The largest absolute Gasteiger partial charge is 0.364 e. The second-order valence-corrected chi connectivity index (χ2v) is 8.69. The first kappa shape index (κ1) is 22.9. The van der Waals surface area contributed by atoms with Crippen LogP contribution in [0.15, 0.2) is 48.4 Å². The van der Waals surface area contributed by atoms with Crippen molar-refractivity contribution in [2.75, 3.05) is 11.9 Å². The first-order valence-electron chi connectivity index (χ1n) is 10.5. The van der Waals surface area contributed by atoms with E-state index in [0.717, 1.165) is 33.5 Å². The predicted molar refractivity (Wildman–Crippen MR) is 132 cm³/mol. The number of benzene rings is 1. The lowest BCUT2D eigenvalue weighted by Gasteiger charge is -2.31. The summed E-state index contributed by atoms with van der Waals surface area (Å²) in [5.41, 5.74) is 10.9. The van der Waals surface area contributed by atoms with E-state index in [1.54, 1.807) is 18.3 Å². The summed E-state index contributed by atoms with van der Waals surface area (Å²) in [5, 5.41) is 3.73. The second-order valence-electron chi connectivity index (χ2n) is 8.27. The third-order valence-corrected chi connectivity index (χ3v) is 6.21. The van der Waals surface area contributed by atoms with Crippen LogP contribution in [0.4, 0.5) is 10.2 Å². The highest BCUT2D eigenvalue weighted by atomic mass is 32.1. The van der Waals surface area contributed by atoms with Crippen LogP contribution >= 0.6 is 12.6 Å². The number of aromatic amines is 1. The van der Waals surface area contributed by atoms with Gasteiger partial charge in [0.2, 0.25) is 0 Å². The third-order valence-electron chi connectivity index (χ3n) is 5.87. The Morgan fingerprint density at radius 2 is 2.12 bits per heavy atom. The van der Waals surface area contributed by atoms with Crippen molar-refractivity contribution in [2.24, 2.45) is 5.73 Å². The number of pyridine rings is 1. The zero-order chi connectivity index (χ0) is 23.6. The van der Waals surface area contributed by atoms with Gasteiger partial charge in [0.25, 0.3) is 0 Å². The molecule has 0 aliphatic carbocycles. The van der Waals surface area contributed by atoms with Gasteiger partial charge in [-0.15, -0.1) is 12.6 Å². The molecule has 3 aromatic heterocycles. The zero-order valence-corrected chi connectivity index (χ0v) is 19.5. The van der Waals surface area contributed by atoms with Crippen LogP contribution in [0.3, 0.4) is 0 Å². The summed E-state index contributed by atoms with van der Waals surface area (Å²) in [4.78, 5) is 20.6. The van der Waals surface area contributed by atoms with Gasteiger partial charge in [0.15, 0.2) is 0 Å². The van der Waals surface area contributed by atoms with Gasteiger partial charge in [-0.2, -0.15) is 0 Å². The molecule has 1 unspecified atom stereocenters. The molecule has 4 aromatic rings. The Bertz CT molecular complexity index is 1320. The molecular weight excluding hydrogens is 437 g/mol. The quantitative estimate of drug-likeness (QED) is 0.231. The Morgan fingerprint density at radius 3 is 2.85 bits per heavy atom. The van der Waals surface area contributed by atoms with Crippen LogP contribution in [0.1, 0.15) is 35.1 Å². The van der Waals surface area contributed by atoms with Crippen molar-refractivity contribution in [1.29, 1.82) is 0 Å². The molecule has 0 saturated heterocycles. The number of nitrogens with zero attached hydrogens (tertiary/aromatic N) is 4. The average Bonchev–Trinajstić information content (AvgIpc) is 3.20. The summed E-state index contributed by atoms with van der Waals surface area (Å²) in [6.45, 7) is 8.40. The maximum atomic E-state index is 14.1. The van der Waals surface area contributed by atoms with E-state index >= 15 is 0 Å². The molecule has 0 radical (unpaired) electrons. The van der Waals surface area contributed by atoms with Gasteiger partial charge in [-0.25, -0.2) is 19.3 Å². The highest BCUT2D eigenvalue weighted by Crippen LogP contribution is 2.36. The zero-order valence-electron chi connectivity index (χ0n) is 18.6. The lowest BCUT2D eigenvalue weighted by atomic mass is 9.77. The maximum absolute atomic E-state index is 14.1. The minimum absolute atomic E-state index is 0.175. The molecule has 4 rings (SSSR count). The number of halogens is 1. The minimum atomic E-state index is -0.539. The molecule has 170 valence electrons. The summed E-state index contributed by atoms with van der Waals surface area (Å²) in [6, 6.07) is 7.09. The van der Waals surface area contributed by atoms with Gasteiger partial charge in [0.05, 0.1) is 23.3 Å². The summed E-state index contributed by atoms with van der Waals surface area (Å²) in [6.07, 6.45) is 5.30. The van der Waals surface area contributed by atoms with E-state index in [2.05, 4.69) is 75.4 Å². The van der Waals surface area contributed by atoms with E-state index in [9.17, 15) is 4.39 Å². The molecule has 1 aromatic carbocycles. The van der Waals surface area contributed by atoms with Gasteiger partial charge in [-0.1, -0.05) is 13.5 Å². The molecule has 0 bridgehead atoms. The first-order chi connectivity index (χ1) is 15.8. The van der Waals surface area contributed by atoms with Crippen molar-refractivity contribution in [2.45, 2.75) is 37.3 Å². The molecule has 0 aliphatic rings. The van der Waals surface area contributed by atoms with Crippen LogP contribution in [0.5, 0.6) is 0 Å². The molecule has 0 aliphatic heterocycles. The Labute approximate surface area is 197 Å². The molecule has 3 heterocycles. The number of nitrogens with one attached hydrogen (secondary N) is 2. The molecule has 7 nitrogen and oxygen atoms in total. The van der Waals surface area contributed by atoms with Crippen molar-refractivity contribution >= 4 is 35.6 Å². The topological polar surface area (TPSA) is 105 Å². The number of hydrogen-bond acceptors (Lipinski definition) is 7. The normalized spacial score (nSPS) is 13.1. The van der Waals surface area contributed by atoms with Gasteiger partial charge in [0, 0.05) is 23.7 Å². The summed E-state index contributed by atoms with van der Waals surface area (Å²) >= 11 is 4.62. The van der Waals surface area contributed by atoms with Gasteiger partial charge >= 0.3 is 0 Å². The van der Waals surface area contributed by atoms with Crippen LogP contribution in [0.25, 0.3) is 17.1 Å². The molecular formula is C24H26FN7S. The van der Waals surface area contributed by atoms with Crippen LogP contribution in [-0.2, 0) is 18.4 Å². The van der Waals surface area contributed by atoms with Crippen molar-refractivity contribution < 1.29 is 4.39 Å². The number of fused-ring (bicyclic) bond motifs is 1. The number of imidazole rings is 1. The van der Waals surface area contributed by atoms with E-state index in [1.807, 2.05) is 0 Å². The second kappa shape index (κ2) is 9.29. The maximum Gasteiger partial charge on any atom is 0.146 e. The highest BCUT2D eigenvalue weighted by molar-refractivity contribution is 7.80. The number of thiol groups is 1. The Balaban J connectivity index is 1.70. The number of hydrogen-bond donors (Lipinski definition) is 4. The summed E-state index contributed by atoms with van der Waals surface area (Å²) in [7, 11) is 0. The average molecular weight is 464 g/mol. The highest BCUT2D eigenvalue weighted by Gasteiger charge is 2.32. The summed E-state index contributed by atoms with van der Waals surface area (Å²) < 4.78 is 14.1. The van der Waals surface area contributed by atoms with Gasteiger partial charge in [-0.3, -0.25) is 4.98 Å². The number of nitrogens with two attached hydrogens (primary N) is 1. The van der Waals surface area contributed by atoms with Crippen molar-refractivity contribution in [1.82, 2.24) is 24.9 Å². The smallest absolute Gasteiger partial charge is 0.146 e. The Hall–Kier alpha value is -3.30. The fraction of sp³-hybridized carbons (Fsp3) is 0.250. The monoisotopic (exact) mass is 463 g/mol. The molecule has 1 atom stereocenters. The molecule has 9 heteroatoms. The predicted octanol–water partition coefficient (Wildman–Crippen LogP) is 4.20. The fourth-order valence-corrected chi connectivity index (χ4v) is 4.41. The summed E-state index contributed by atoms with van der Waals surface area (Å²) in [5.74, 6) is 0.906. The number of H-pyrrole nitrogens is 1. The lowest BCUT2D eigenvalue weighted by Crippen LogP contribution is -2.36. The molecule has 0 fully saturated rings. The van der Waals surface area contributed by atoms with E-state index in [4.69, 9.17) is 5.73 Å².